The SMILES string of the molecule is COc1ccc(C2(O)CCOC2)c(OC)c1. The number of aliphatic hydroxyl groups is 1. The van der Waals surface area contributed by atoms with Crippen LogP contribution in [0.1, 0.15) is 12.0 Å². The van der Waals surface area contributed by atoms with Gasteiger partial charge in [-0.3, -0.25) is 0 Å². The number of hydrogen-bond acceptors (Lipinski definition) is 4. The quantitative estimate of drug-likeness (QED) is 0.841. The van der Waals surface area contributed by atoms with Crippen molar-refractivity contribution in [2.75, 3.05) is 27.4 Å². The number of rotatable bonds is 3. The molecule has 16 heavy (non-hydrogen) atoms. The lowest BCUT2D eigenvalue weighted by Crippen LogP contribution is -2.26. The van der Waals surface area contributed by atoms with Crippen molar-refractivity contribution in [1.29, 1.82) is 0 Å². The van der Waals surface area contributed by atoms with Crippen LogP contribution in [0.4, 0.5) is 0 Å². The lowest BCUT2D eigenvalue weighted by molar-refractivity contribution is 0.0212. The van der Waals surface area contributed by atoms with E-state index >= 15 is 0 Å². The Bertz CT molecular complexity index is 369. The van der Waals surface area contributed by atoms with Crippen molar-refractivity contribution in [3.05, 3.63) is 23.8 Å². The molecule has 1 atom stereocenters. The monoisotopic (exact) mass is 224 g/mol. The lowest BCUT2D eigenvalue weighted by Gasteiger charge is -2.23. The molecule has 4 heteroatoms. The highest BCUT2D eigenvalue weighted by atomic mass is 16.5. The maximum Gasteiger partial charge on any atom is 0.128 e. The number of methoxy groups -OCH3 is 2. The topological polar surface area (TPSA) is 47.9 Å². The van der Waals surface area contributed by atoms with Gasteiger partial charge in [0.2, 0.25) is 0 Å². The molecular weight excluding hydrogens is 208 g/mol. The van der Waals surface area contributed by atoms with Gasteiger partial charge in [-0.25, -0.2) is 0 Å². The largest absolute Gasteiger partial charge is 0.497 e. The Balaban J connectivity index is 2.39. The van der Waals surface area contributed by atoms with Crippen LogP contribution in [-0.4, -0.2) is 32.5 Å². The first-order chi connectivity index (χ1) is 7.69. The first-order valence-corrected chi connectivity index (χ1v) is 5.22. The van der Waals surface area contributed by atoms with Crippen molar-refractivity contribution in [2.24, 2.45) is 0 Å². The minimum absolute atomic E-state index is 0.315. The second-order valence-electron chi connectivity index (χ2n) is 3.90. The standard InChI is InChI=1S/C12H16O4/c1-14-9-3-4-10(11(7-9)15-2)12(13)5-6-16-8-12/h3-4,7,13H,5-6,8H2,1-2H3. The molecule has 4 nitrogen and oxygen atoms in total. The lowest BCUT2D eigenvalue weighted by atomic mass is 9.92. The van der Waals surface area contributed by atoms with Crippen LogP contribution in [0.3, 0.4) is 0 Å². The maximum absolute atomic E-state index is 10.4. The predicted molar refractivity (Wildman–Crippen MR) is 58.9 cm³/mol. The van der Waals surface area contributed by atoms with E-state index in [0.717, 1.165) is 5.56 Å². The van der Waals surface area contributed by atoms with E-state index in [4.69, 9.17) is 14.2 Å². The molecule has 1 unspecified atom stereocenters. The van der Waals surface area contributed by atoms with Crippen molar-refractivity contribution in [3.63, 3.8) is 0 Å². The predicted octanol–water partition coefficient (Wildman–Crippen LogP) is 1.31. The summed E-state index contributed by atoms with van der Waals surface area (Å²) in [5, 5.41) is 10.4. The van der Waals surface area contributed by atoms with Gasteiger partial charge in [0.1, 0.15) is 17.1 Å². The molecule has 0 spiro atoms. The smallest absolute Gasteiger partial charge is 0.128 e. The zero-order chi connectivity index (χ0) is 11.6. The molecular formula is C12H16O4. The summed E-state index contributed by atoms with van der Waals surface area (Å²) < 4.78 is 15.6. The van der Waals surface area contributed by atoms with Gasteiger partial charge in [0.05, 0.1) is 20.8 Å². The first-order valence-electron chi connectivity index (χ1n) is 5.22. The Hall–Kier alpha value is -1.26. The second-order valence-corrected chi connectivity index (χ2v) is 3.90. The molecule has 0 aromatic heterocycles. The van der Waals surface area contributed by atoms with Crippen LogP contribution in [0.15, 0.2) is 18.2 Å². The summed E-state index contributed by atoms with van der Waals surface area (Å²) in [5.41, 5.74) is -0.175. The van der Waals surface area contributed by atoms with Crippen molar-refractivity contribution < 1.29 is 19.3 Å². The highest BCUT2D eigenvalue weighted by molar-refractivity contribution is 5.44. The summed E-state index contributed by atoms with van der Waals surface area (Å²) in [6.07, 6.45) is 0.593. The van der Waals surface area contributed by atoms with Crippen molar-refractivity contribution in [2.45, 2.75) is 12.0 Å². The van der Waals surface area contributed by atoms with Gasteiger partial charge in [-0.1, -0.05) is 0 Å². The third-order valence-electron chi connectivity index (χ3n) is 2.91. The Morgan fingerprint density at radius 3 is 2.69 bits per heavy atom. The van der Waals surface area contributed by atoms with Crippen LogP contribution in [-0.2, 0) is 10.3 Å². The second kappa shape index (κ2) is 4.31. The summed E-state index contributed by atoms with van der Waals surface area (Å²) in [5.74, 6) is 1.34. The summed E-state index contributed by atoms with van der Waals surface area (Å²) >= 11 is 0. The van der Waals surface area contributed by atoms with Gasteiger partial charge in [-0.2, -0.15) is 0 Å². The molecule has 0 bridgehead atoms. The summed E-state index contributed by atoms with van der Waals surface area (Å²) in [6, 6.07) is 5.41. The molecule has 2 rings (SSSR count). The van der Waals surface area contributed by atoms with Gasteiger partial charge in [0.25, 0.3) is 0 Å². The van der Waals surface area contributed by atoms with Crippen molar-refractivity contribution in [1.82, 2.24) is 0 Å². The fourth-order valence-electron chi connectivity index (χ4n) is 1.95. The third-order valence-corrected chi connectivity index (χ3v) is 2.91. The maximum atomic E-state index is 10.4. The minimum Gasteiger partial charge on any atom is -0.497 e. The highest BCUT2D eigenvalue weighted by Gasteiger charge is 2.36. The zero-order valence-corrected chi connectivity index (χ0v) is 9.53. The van der Waals surface area contributed by atoms with E-state index in [9.17, 15) is 5.11 Å². The molecule has 0 amide bonds. The highest BCUT2D eigenvalue weighted by Crippen LogP contribution is 2.37. The molecule has 0 saturated carbocycles. The third kappa shape index (κ3) is 1.86. The molecule has 1 fully saturated rings. The Morgan fingerprint density at radius 2 is 2.12 bits per heavy atom. The normalized spacial score (nSPS) is 24.4. The van der Waals surface area contributed by atoms with Gasteiger partial charge in [0, 0.05) is 24.7 Å². The molecule has 0 radical (unpaired) electrons. The Labute approximate surface area is 94.8 Å². The molecule has 1 saturated heterocycles. The van der Waals surface area contributed by atoms with Gasteiger partial charge >= 0.3 is 0 Å². The molecule has 0 aliphatic carbocycles. The van der Waals surface area contributed by atoms with Crippen molar-refractivity contribution in [3.8, 4) is 11.5 Å². The van der Waals surface area contributed by atoms with Crippen LogP contribution in [0, 0.1) is 0 Å². The summed E-state index contributed by atoms with van der Waals surface area (Å²) in [6.45, 7) is 0.890. The number of hydrogen-bond donors (Lipinski definition) is 1. The van der Waals surface area contributed by atoms with Crippen molar-refractivity contribution >= 4 is 0 Å². The molecule has 88 valence electrons. The Kier molecular flexibility index (Phi) is 3.03. The van der Waals surface area contributed by atoms with E-state index in [1.165, 1.54) is 0 Å². The fraction of sp³-hybridized carbons (Fsp3) is 0.500. The van der Waals surface area contributed by atoms with E-state index in [2.05, 4.69) is 0 Å². The molecule has 1 aromatic carbocycles. The number of benzene rings is 1. The van der Waals surface area contributed by atoms with Gasteiger partial charge in [-0.05, 0) is 12.1 Å². The van der Waals surface area contributed by atoms with Crippen LogP contribution in [0.5, 0.6) is 11.5 Å². The zero-order valence-electron chi connectivity index (χ0n) is 9.53. The molecule has 1 aliphatic heterocycles. The van der Waals surface area contributed by atoms with E-state index < -0.39 is 5.60 Å². The average molecular weight is 224 g/mol. The van der Waals surface area contributed by atoms with Crippen LogP contribution in [0.2, 0.25) is 0 Å². The van der Waals surface area contributed by atoms with E-state index in [1.807, 2.05) is 12.1 Å². The number of ether oxygens (including phenoxy) is 3. The van der Waals surface area contributed by atoms with Gasteiger partial charge in [-0.15, -0.1) is 0 Å². The van der Waals surface area contributed by atoms with E-state index in [0.29, 0.717) is 31.1 Å². The molecule has 1 N–H and O–H groups in total. The van der Waals surface area contributed by atoms with Crippen LogP contribution >= 0.6 is 0 Å². The molecule has 1 aromatic rings. The van der Waals surface area contributed by atoms with Gasteiger partial charge < -0.3 is 19.3 Å². The first kappa shape index (κ1) is 11.2. The van der Waals surface area contributed by atoms with Gasteiger partial charge in [0.15, 0.2) is 0 Å². The summed E-state index contributed by atoms with van der Waals surface area (Å²) in [7, 11) is 3.18. The Morgan fingerprint density at radius 1 is 1.31 bits per heavy atom. The average Bonchev–Trinajstić information content (AvgIpc) is 2.76. The fourth-order valence-corrected chi connectivity index (χ4v) is 1.95. The van der Waals surface area contributed by atoms with Crippen LogP contribution in [0.25, 0.3) is 0 Å². The minimum atomic E-state index is -0.933. The molecule has 1 aliphatic rings. The molecule has 1 heterocycles. The van der Waals surface area contributed by atoms with E-state index in [1.54, 1.807) is 20.3 Å². The van der Waals surface area contributed by atoms with Crippen LogP contribution < -0.4 is 9.47 Å². The summed E-state index contributed by atoms with van der Waals surface area (Å²) in [4.78, 5) is 0. The van der Waals surface area contributed by atoms with E-state index in [-0.39, 0.29) is 0 Å².